The molecule has 4 nitrogen and oxygen atoms in total. The first kappa shape index (κ1) is 14.1. The van der Waals surface area contributed by atoms with Crippen molar-refractivity contribution >= 4 is 16.9 Å². The number of ether oxygens (including phenoxy) is 2. The second-order valence-electron chi connectivity index (χ2n) is 5.38. The van der Waals surface area contributed by atoms with Gasteiger partial charge in [0, 0.05) is 18.2 Å². The van der Waals surface area contributed by atoms with Gasteiger partial charge in [0.1, 0.15) is 5.69 Å². The van der Waals surface area contributed by atoms with Crippen molar-refractivity contribution in [1.29, 1.82) is 0 Å². The number of esters is 1. The van der Waals surface area contributed by atoms with Gasteiger partial charge in [-0.05, 0) is 25.1 Å². The Morgan fingerprint density at radius 3 is 2.57 bits per heavy atom. The van der Waals surface area contributed by atoms with E-state index < -0.39 is 5.72 Å². The van der Waals surface area contributed by atoms with Crippen LogP contribution >= 0.6 is 0 Å². The van der Waals surface area contributed by atoms with E-state index >= 15 is 0 Å². The fourth-order valence-corrected chi connectivity index (χ4v) is 3.21. The van der Waals surface area contributed by atoms with E-state index in [1.54, 1.807) is 0 Å². The van der Waals surface area contributed by atoms with Crippen LogP contribution in [0.3, 0.4) is 0 Å². The smallest absolute Gasteiger partial charge is 0.357 e. The van der Waals surface area contributed by atoms with Gasteiger partial charge in [-0.25, -0.2) is 4.79 Å². The zero-order valence-corrected chi connectivity index (χ0v) is 12.8. The molecule has 2 aliphatic heterocycles. The van der Waals surface area contributed by atoms with Crippen molar-refractivity contribution in [2.45, 2.75) is 39.3 Å². The summed E-state index contributed by atoms with van der Waals surface area (Å²) in [7, 11) is 0. The van der Waals surface area contributed by atoms with Crippen molar-refractivity contribution in [3.63, 3.8) is 0 Å². The Kier molecular flexibility index (Phi) is 3.49. The molecule has 0 N–H and O–H groups in total. The summed E-state index contributed by atoms with van der Waals surface area (Å²) in [5, 5.41) is 1.11. The van der Waals surface area contributed by atoms with E-state index in [-0.39, 0.29) is 5.97 Å². The van der Waals surface area contributed by atoms with Gasteiger partial charge in [-0.1, -0.05) is 25.5 Å². The van der Waals surface area contributed by atoms with E-state index in [0.29, 0.717) is 18.9 Å². The summed E-state index contributed by atoms with van der Waals surface area (Å²) in [6.45, 7) is 7.33. The van der Waals surface area contributed by atoms with Gasteiger partial charge in [-0.2, -0.15) is 0 Å². The van der Waals surface area contributed by atoms with Crippen LogP contribution in [0.1, 0.15) is 42.7 Å². The van der Waals surface area contributed by atoms with Gasteiger partial charge in [-0.3, -0.25) is 4.57 Å². The number of carbonyl (C=O) groups excluding carboxylic acids is 1. The maximum absolute atomic E-state index is 12.1. The molecule has 4 rings (SSSR count). The molecule has 1 aromatic carbocycles. The van der Waals surface area contributed by atoms with Crippen LogP contribution in [0, 0.1) is 6.92 Å². The van der Waals surface area contributed by atoms with Gasteiger partial charge in [0.25, 0.3) is 0 Å². The molecule has 1 aromatic heterocycles. The predicted molar refractivity (Wildman–Crippen MR) is 81.5 cm³/mol. The van der Waals surface area contributed by atoms with E-state index in [1.807, 2.05) is 19.9 Å². The molecule has 112 valence electrons. The monoisotopic (exact) mass is 287 g/mol. The molecule has 2 aromatic rings. The minimum Gasteiger partial charge on any atom is -0.434 e. The number of hydrogen-bond donors (Lipinski definition) is 0. The maximum atomic E-state index is 12.1. The summed E-state index contributed by atoms with van der Waals surface area (Å²) >= 11 is 0. The zero-order chi connectivity index (χ0) is 15.0. The lowest BCUT2D eigenvalue weighted by molar-refractivity contribution is -0.108. The number of carbonyl (C=O) groups is 1. The van der Waals surface area contributed by atoms with Crippen molar-refractivity contribution in [2.75, 3.05) is 13.2 Å². The van der Waals surface area contributed by atoms with Crippen LogP contribution in [-0.4, -0.2) is 23.8 Å². The topological polar surface area (TPSA) is 40.5 Å². The van der Waals surface area contributed by atoms with Crippen LogP contribution in [0.4, 0.5) is 0 Å². The molecule has 0 aliphatic carbocycles. The first-order chi connectivity index (χ1) is 10.2. The van der Waals surface area contributed by atoms with Crippen LogP contribution in [0.2, 0.25) is 0 Å². The summed E-state index contributed by atoms with van der Waals surface area (Å²) in [5.41, 5.74) is 2.42. The predicted octanol–water partition coefficient (Wildman–Crippen LogP) is 3.61. The molecule has 1 saturated heterocycles. The SMILES string of the molecule is CC.Cc1ccc2c(c1)cc1n2C2(CCOCC2)OC1=O. The van der Waals surface area contributed by atoms with E-state index in [9.17, 15) is 4.79 Å². The van der Waals surface area contributed by atoms with Crippen LogP contribution in [-0.2, 0) is 15.2 Å². The number of fused-ring (bicyclic) bond motifs is 4. The Balaban J connectivity index is 0.000000636. The molecular formula is C17H21NO3. The fourth-order valence-electron chi connectivity index (χ4n) is 3.21. The number of hydrogen-bond acceptors (Lipinski definition) is 3. The molecular weight excluding hydrogens is 266 g/mol. The van der Waals surface area contributed by atoms with Crippen LogP contribution in [0.15, 0.2) is 24.3 Å². The quantitative estimate of drug-likeness (QED) is 0.695. The van der Waals surface area contributed by atoms with Gasteiger partial charge in [0.05, 0.1) is 18.7 Å². The first-order valence-corrected chi connectivity index (χ1v) is 7.63. The second-order valence-corrected chi connectivity index (χ2v) is 5.38. The average Bonchev–Trinajstić information content (AvgIpc) is 2.99. The first-order valence-electron chi connectivity index (χ1n) is 7.63. The molecule has 0 radical (unpaired) electrons. The number of aryl methyl sites for hydroxylation is 1. The molecule has 0 amide bonds. The molecule has 0 bridgehead atoms. The van der Waals surface area contributed by atoms with Gasteiger partial charge in [0.2, 0.25) is 0 Å². The van der Waals surface area contributed by atoms with Crippen molar-refractivity contribution in [3.05, 3.63) is 35.5 Å². The van der Waals surface area contributed by atoms with Crippen LogP contribution < -0.4 is 0 Å². The molecule has 4 heteroatoms. The molecule has 2 aliphatic rings. The normalized spacial score (nSPS) is 19.1. The Bertz CT molecular complexity index is 681. The third kappa shape index (κ3) is 2.05. The summed E-state index contributed by atoms with van der Waals surface area (Å²) in [6.07, 6.45) is 1.45. The number of nitrogens with zero attached hydrogens (tertiary/aromatic N) is 1. The van der Waals surface area contributed by atoms with E-state index in [1.165, 1.54) is 5.56 Å². The van der Waals surface area contributed by atoms with E-state index in [0.717, 1.165) is 23.7 Å². The molecule has 0 atom stereocenters. The van der Waals surface area contributed by atoms with E-state index in [4.69, 9.17) is 9.47 Å². The van der Waals surface area contributed by atoms with Gasteiger partial charge in [0.15, 0.2) is 5.72 Å². The number of benzene rings is 1. The highest BCUT2D eigenvalue weighted by Crippen LogP contribution is 2.41. The molecule has 0 unspecified atom stereocenters. The van der Waals surface area contributed by atoms with Crippen molar-refractivity contribution in [3.8, 4) is 0 Å². The highest BCUT2D eigenvalue weighted by atomic mass is 16.6. The summed E-state index contributed by atoms with van der Waals surface area (Å²) < 4.78 is 13.2. The lowest BCUT2D eigenvalue weighted by Crippen LogP contribution is -2.38. The Labute approximate surface area is 124 Å². The lowest BCUT2D eigenvalue weighted by atomic mass is 10.0. The summed E-state index contributed by atoms with van der Waals surface area (Å²) in [5.74, 6) is -0.212. The van der Waals surface area contributed by atoms with Gasteiger partial charge in [-0.15, -0.1) is 0 Å². The molecule has 0 saturated carbocycles. The lowest BCUT2D eigenvalue weighted by Gasteiger charge is -2.34. The van der Waals surface area contributed by atoms with Crippen LogP contribution in [0.5, 0.6) is 0 Å². The molecule has 3 heterocycles. The highest BCUT2D eigenvalue weighted by molar-refractivity contribution is 5.98. The number of aromatic nitrogens is 1. The Morgan fingerprint density at radius 1 is 1.14 bits per heavy atom. The van der Waals surface area contributed by atoms with Gasteiger partial charge >= 0.3 is 5.97 Å². The zero-order valence-electron chi connectivity index (χ0n) is 12.8. The fraction of sp³-hybridized carbons (Fsp3) is 0.471. The number of rotatable bonds is 0. The van der Waals surface area contributed by atoms with Crippen molar-refractivity contribution in [2.24, 2.45) is 0 Å². The third-order valence-corrected chi connectivity index (χ3v) is 4.13. The van der Waals surface area contributed by atoms with Crippen LogP contribution in [0.25, 0.3) is 10.9 Å². The van der Waals surface area contributed by atoms with Gasteiger partial charge < -0.3 is 9.47 Å². The molecule has 21 heavy (non-hydrogen) atoms. The Hall–Kier alpha value is -1.81. The average molecular weight is 287 g/mol. The Morgan fingerprint density at radius 2 is 1.86 bits per heavy atom. The van der Waals surface area contributed by atoms with E-state index in [2.05, 4.69) is 29.7 Å². The maximum Gasteiger partial charge on any atom is 0.357 e. The highest BCUT2D eigenvalue weighted by Gasteiger charge is 2.47. The largest absolute Gasteiger partial charge is 0.434 e. The second kappa shape index (κ2) is 5.19. The third-order valence-electron chi connectivity index (χ3n) is 4.13. The van der Waals surface area contributed by atoms with Crippen molar-refractivity contribution in [1.82, 2.24) is 4.57 Å². The minimum atomic E-state index is -0.526. The standard InChI is InChI=1S/C15H15NO3.C2H6/c1-10-2-3-12-11(8-10)9-13-14(17)19-15(16(12)13)4-6-18-7-5-15;1-2/h2-3,8-9H,4-7H2,1H3;1-2H3. The summed E-state index contributed by atoms with van der Waals surface area (Å²) in [6, 6.07) is 8.20. The van der Waals surface area contributed by atoms with Crippen molar-refractivity contribution < 1.29 is 14.3 Å². The minimum absolute atomic E-state index is 0.212. The molecule has 1 spiro atoms. The molecule has 1 fully saturated rings. The summed E-state index contributed by atoms with van der Waals surface area (Å²) in [4.78, 5) is 12.1.